The molecule has 0 radical (unpaired) electrons. The SMILES string of the molecule is Cc1ccccc1OCCC[N@+]1(C)CCC(C(C(N)=O)(c2ccccc2)c2ccccc2)C1. The second-order valence-electron chi connectivity index (χ2n) is 9.61. The first kappa shape index (κ1) is 23.1. The van der Waals surface area contributed by atoms with Gasteiger partial charge in [-0.25, -0.2) is 0 Å². The molecule has 0 aliphatic carbocycles. The highest BCUT2D eigenvalue weighted by Gasteiger charge is 2.53. The zero-order chi connectivity index (χ0) is 23.3. The molecule has 33 heavy (non-hydrogen) atoms. The Morgan fingerprint density at radius 1 is 0.970 bits per heavy atom. The van der Waals surface area contributed by atoms with Gasteiger partial charge in [0.25, 0.3) is 0 Å². The predicted octanol–water partition coefficient (Wildman–Crippen LogP) is 4.70. The third-order valence-electron chi connectivity index (χ3n) is 7.33. The van der Waals surface area contributed by atoms with Crippen molar-refractivity contribution < 1.29 is 14.0 Å². The van der Waals surface area contributed by atoms with E-state index < -0.39 is 5.41 Å². The van der Waals surface area contributed by atoms with Gasteiger partial charge in [0.05, 0.1) is 33.3 Å². The highest BCUT2D eigenvalue weighted by molar-refractivity contribution is 5.91. The van der Waals surface area contributed by atoms with Crippen LogP contribution >= 0.6 is 0 Å². The van der Waals surface area contributed by atoms with E-state index in [-0.39, 0.29) is 11.8 Å². The van der Waals surface area contributed by atoms with Crippen molar-refractivity contribution >= 4 is 5.91 Å². The second kappa shape index (κ2) is 9.80. The summed E-state index contributed by atoms with van der Waals surface area (Å²) in [4.78, 5) is 13.3. The first-order chi connectivity index (χ1) is 16.0. The van der Waals surface area contributed by atoms with E-state index in [9.17, 15) is 4.79 Å². The number of quaternary nitrogens is 1. The molecular formula is C29H35N2O2+. The van der Waals surface area contributed by atoms with Gasteiger partial charge in [-0.15, -0.1) is 0 Å². The highest BCUT2D eigenvalue weighted by atomic mass is 16.5. The molecule has 1 aliphatic heterocycles. The lowest BCUT2D eigenvalue weighted by Crippen LogP contribution is -2.51. The molecule has 1 aliphatic rings. The van der Waals surface area contributed by atoms with Crippen LogP contribution in [0.3, 0.4) is 0 Å². The summed E-state index contributed by atoms with van der Waals surface area (Å²) in [5, 5.41) is 0. The number of primary amides is 1. The van der Waals surface area contributed by atoms with E-state index in [0.29, 0.717) is 6.61 Å². The van der Waals surface area contributed by atoms with Crippen molar-refractivity contribution in [3.8, 4) is 5.75 Å². The van der Waals surface area contributed by atoms with Crippen LogP contribution in [0, 0.1) is 12.8 Å². The van der Waals surface area contributed by atoms with Crippen LogP contribution in [0.4, 0.5) is 0 Å². The molecule has 4 rings (SSSR count). The topological polar surface area (TPSA) is 52.3 Å². The highest BCUT2D eigenvalue weighted by Crippen LogP contribution is 2.45. The number of amides is 1. The van der Waals surface area contributed by atoms with Crippen LogP contribution in [0.15, 0.2) is 84.9 Å². The van der Waals surface area contributed by atoms with Crippen LogP contribution < -0.4 is 10.5 Å². The molecule has 2 atom stereocenters. The van der Waals surface area contributed by atoms with E-state index in [0.717, 1.165) is 59.4 Å². The number of likely N-dealkylation sites (tertiary alicyclic amines) is 1. The monoisotopic (exact) mass is 443 g/mol. The number of aryl methyl sites for hydroxylation is 1. The van der Waals surface area contributed by atoms with Crippen molar-refractivity contribution in [1.82, 2.24) is 0 Å². The first-order valence-corrected chi connectivity index (χ1v) is 11.9. The van der Waals surface area contributed by atoms with Crippen molar-refractivity contribution in [3.05, 3.63) is 102 Å². The average molecular weight is 444 g/mol. The molecular weight excluding hydrogens is 408 g/mol. The summed E-state index contributed by atoms with van der Waals surface area (Å²) in [7, 11) is 2.30. The maximum Gasteiger partial charge on any atom is 0.233 e. The van der Waals surface area contributed by atoms with Crippen LogP contribution in [0.2, 0.25) is 0 Å². The van der Waals surface area contributed by atoms with Gasteiger partial charge in [0.2, 0.25) is 5.91 Å². The number of para-hydroxylation sites is 1. The number of nitrogens with zero attached hydrogens (tertiary/aromatic N) is 1. The number of nitrogens with two attached hydrogens (primary N) is 1. The fourth-order valence-electron chi connectivity index (χ4n) is 5.61. The fraction of sp³-hybridized carbons (Fsp3) is 0.345. The number of benzene rings is 3. The molecule has 0 saturated carbocycles. The number of hydrogen-bond acceptors (Lipinski definition) is 2. The zero-order valence-corrected chi connectivity index (χ0v) is 19.7. The Bertz CT molecular complexity index is 1030. The summed E-state index contributed by atoms with van der Waals surface area (Å²) in [5.41, 5.74) is 8.56. The van der Waals surface area contributed by atoms with Gasteiger partial charge in [-0.1, -0.05) is 78.9 Å². The Kier molecular flexibility index (Phi) is 6.85. The summed E-state index contributed by atoms with van der Waals surface area (Å²) in [6.45, 7) is 5.73. The molecule has 0 spiro atoms. The van der Waals surface area contributed by atoms with Gasteiger partial charge in [0.1, 0.15) is 11.2 Å². The molecule has 1 amide bonds. The molecule has 0 bridgehead atoms. The van der Waals surface area contributed by atoms with Crippen molar-refractivity contribution in [1.29, 1.82) is 0 Å². The molecule has 1 heterocycles. The maximum atomic E-state index is 13.3. The van der Waals surface area contributed by atoms with Crippen molar-refractivity contribution in [2.45, 2.75) is 25.2 Å². The van der Waals surface area contributed by atoms with Crippen LogP contribution in [-0.2, 0) is 10.2 Å². The molecule has 3 aromatic carbocycles. The Hall–Kier alpha value is -3.11. The second-order valence-corrected chi connectivity index (χ2v) is 9.61. The van der Waals surface area contributed by atoms with E-state index in [1.807, 2.05) is 54.6 Å². The fourth-order valence-corrected chi connectivity index (χ4v) is 5.61. The van der Waals surface area contributed by atoms with Gasteiger partial charge >= 0.3 is 0 Å². The Balaban J connectivity index is 1.53. The Morgan fingerprint density at radius 3 is 2.12 bits per heavy atom. The summed E-state index contributed by atoms with van der Waals surface area (Å²) < 4.78 is 6.96. The van der Waals surface area contributed by atoms with Crippen LogP contribution in [0.25, 0.3) is 0 Å². The molecule has 2 N–H and O–H groups in total. The number of rotatable bonds is 9. The van der Waals surface area contributed by atoms with E-state index in [2.05, 4.69) is 44.3 Å². The summed E-state index contributed by atoms with van der Waals surface area (Å²) in [5.74, 6) is 0.837. The third kappa shape index (κ3) is 4.67. The van der Waals surface area contributed by atoms with Crippen molar-refractivity contribution in [2.75, 3.05) is 33.3 Å². The minimum atomic E-state index is -0.823. The van der Waals surface area contributed by atoms with Gasteiger partial charge < -0.3 is 15.0 Å². The largest absolute Gasteiger partial charge is 0.493 e. The molecule has 1 unspecified atom stereocenters. The predicted molar refractivity (Wildman–Crippen MR) is 133 cm³/mol. The maximum absolute atomic E-state index is 13.3. The van der Waals surface area contributed by atoms with Crippen LogP contribution in [0.5, 0.6) is 5.75 Å². The standard InChI is InChI=1S/C29H34N2O2/c1-23-12-9-10-17-27(23)33-21-11-19-31(2)20-18-26(22-31)29(28(30)32,24-13-5-3-6-14-24)25-15-7-4-8-16-25/h3-10,12-17,26H,11,18-22H2,1-2H3,(H-,30,32)/p+1/t26?,31-/m1/s1. The molecule has 4 heteroatoms. The van der Waals surface area contributed by atoms with Gasteiger partial charge in [-0.3, -0.25) is 4.79 Å². The van der Waals surface area contributed by atoms with E-state index in [4.69, 9.17) is 10.5 Å². The lowest BCUT2D eigenvalue weighted by Gasteiger charge is -2.38. The Labute approximate surface area is 197 Å². The average Bonchev–Trinajstić information content (AvgIpc) is 3.22. The number of carbonyl (C=O) groups is 1. The minimum absolute atomic E-state index is 0.141. The van der Waals surface area contributed by atoms with Gasteiger partial charge in [-0.05, 0) is 29.7 Å². The van der Waals surface area contributed by atoms with Gasteiger partial charge in [0, 0.05) is 18.8 Å². The normalized spacial score (nSPS) is 20.5. The molecule has 1 fully saturated rings. The summed E-state index contributed by atoms with van der Waals surface area (Å²) in [6.07, 6.45) is 1.93. The number of hydrogen-bond donors (Lipinski definition) is 1. The smallest absolute Gasteiger partial charge is 0.233 e. The van der Waals surface area contributed by atoms with Crippen LogP contribution in [0.1, 0.15) is 29.5 Å². The molecule has 0 aromatic heterocycles. The van der Waals surface area contributed by atoms with E-state index >= 15 is 0 Å². The Morgan fingerprint density at radius 2 is 1.55 bits per heavy atom. The molecule has 172 valence electrons. The molecule has 1 saturated heterocycles. The van der Waals surface area contributed by atoms with Gasteiger partial charge in [-0.2, -0.15) is 0 Å². The van der Waals surface area contributed by atoms with Crippen molar-refractivity contribution in [3.63, 3.8) is 0 Å². The number of carbonyl (C=O) groups excluding carboxylic acids is 1. The minimum Gasteiger partial charge on any atom is -0.493 e. The van der Waals surface area contributed by atoms with Crippen molar-refractivity contribution in [2.24, 2.45) is 11.7 Å². The van der Waals surface area contributed by atoms with Crippen LogP contribution in [-0.4, -0.2) is 43.7 Å². The number of ether oxygens (including phenoxy) is 1. The van der Waals surface area contributed by atoms with E-state index in [1.165, 1.54) is 0 Å². The third-order valence-corrected chi connectivity index (χ3v) is 7.33. The van der Waals surface area contributed by atoms with Gasteiger partial charge in [0.15, 0.2) is 0 Å². The summed E-state index contributed by atoms with van der Waals surface area (Å²) in [6, 6.07) is 28.3. The molecule has 3 aromatic rings. The summed E-state index contributed by atoms with van der Waals surface area (Å²) >= 11 is 0. The lowest BCUT2D eigenvalue weighted by atomic mass is 9.64. The lowest BCUT2D eigenvalue weighted by molar-refractivity contribution is -0.899. The first-order valence-electron chi connectivity index (χ1n) is 11.9. The van der Waals surface area contributed by atoms with E-state index in [1.54, 1.807) is 0 Å². The molecule has 4 nitrogen and oxygen atoms in total. The zero-order valence-electron chi connectivity index (χ0n) is 19.7. The quantitative estimate of drug-likeness (QED) is 0.385.